The molecule has 1 rings (SSSR count). The zero-order chi connectivity index (χ0) is 14.1. The van der Waals surface area contributed by atoms with Crippen LogP contribution in [0.4, 0.5) is 32.3 Å². The highest BCUT2D eigenvalue weighted by atomic mass is 35.5. The zero-order valence-electron chi connectivity index (χ0n) is 8.05. The summed E-state index contributed by atoms with van der Waals surface area (Å²) in [7, 11) is 0. The van der Waals surface area contributed by atoms with Crippen LogP contribution in [0.25, 0.3) is 0 Å². The van der Waals surface area contributed by atoms with Gasteiger partial charge in [-0.1, -0.05) is 0 Å². The summed E-state index contributed by atoms with van der Waals surface area (Å²) in [6, 6.07) is -1.27. The Kier molecular flexibility index (Phi) is 3.74. The van der Waals surface area contributed by atoms with Gasteiger partial charge in [0.2, 0.25) is 11.2 Å². The first-order chi connectivity index (χ1) is 8.00. The largest absolute Gasteiger partial charge is 0.440 e. The molecule has 0 saturated carbocycles. The van der Waals surface area contributed by atoms with Gasteiger partial charge in [-0.3, -0.25) is 0 Å². The number of hydrogen-bond acceptors (Lipinski definition) is 5. The molecule has 0 saturated heterocycles. The molecule has 0 unspecified atom stereocenters. The Labute approximate surface area is 99.9 Å². The lowest BCUT2D eigenvalue weighted by Crippen LogP contribution is -2.46. The lowest BCUT2D eigenvalue weighted by atomic mass is 10.3. The summed E-state index contributed by atoms with van der Waals surface area (Å²) in [4.78, 5) is 9.04. The number of halogens is 7. The lowest BCUT2D eigenvalue weighted by Gasteiger charge is -2.22. The van der Waals surface area contributed by atoms with Gasteiger partial charge in [0.05, 0.1) is 0 Å². The van der Waals surface area contributed by atoms with Gasteiger partial charge < -0.3 is 10.5 Å². The molecule has 12 heteroatoms. The summed E-state index contributed by atoms with van der Waals surface area (Å²) in [6.45, 7) is 0. The third-order valence-electron chi connectivity index (χ3n) is 1.42. The number of ether oxygens (including phenoxy) is 1. The van der Waals surface area contributed by atoms with Crippen LogP contribution in [0.15, 0.2) is 0 Å². The van der Waals surface area contributed by atoms with Crippen molar-refractivity contribution in [3.63, 3.8) is 0 Å². The number of nitrogens with two attached hydrogens (primary N) is 1. The SMILES string of the molecule is Nc1nc(Cl)nc(OC(C(F)(F)F)C(F)(F)F)n1. The van der Waals surface area contributed by atoms with Crippen molar-refractivity contribution in [3.05, 3.63) is 5.28 Å². The van der Waals surface area contributed by atoms with Gasteiger partial charge >= 0.3 is 18.4 Å². The Hall–Kier alpha value is -1.52. The topological polar surface area (TPSA) is 73.9 Å². The molecule has 0 aromatic carbocycles. The minimum absolute atomic E-state index is 0.673. The molecule has 0 atom stereocenters. The van der Waals surface area contributed by atoms with Gasteiger partial charge in [0.1, 0.15) is 0 Å². The quantitative estimate of drug-likeness (QED) is 0.845. The molecule has 1 aromatic heterocycles. The van der Waals surface area contributed by atoms with Gasteiger partial charge in [-0.2, -0.15) is 41.3 Å². The second kappa shape index (κ2) is 4.63. The fourth-order valence-electron chi connectivity index (χ4n) is 0.824. The van der Waals surface area contributed by atoms with Crippen LogP contribution in [-0.2, 0) is 0 Å². The van der Waals surface area contributed by atoms with Gasteiger partial charge in [-0.05, 0) is 11.6 Å². The maximum atomic E-state index is 12.1. The molecule has 18 heavy (non-hydrogen) atoms. The van der Waals surface area contributed by atoms with E-state index in [1.807, 2.05) is 0 Å². The Bertz CT molecular complexity index is 401. The molecule has 1 heterocycles. The smallest absolute Gasteiger partial charge is 0.434 e. The number of alkyl halides is 6. The van der Waals surface area contributed by atoms with Crippen LogP contribution in [0.2, 0.25) is 5.28 Å². The number of aromatic nitrogens is 3. The molecule has 0 amide bonds. The maximum absolute atomic E-state index is 12.1. The number of rotatable bonds is 2. The van der Waals surface area contributed by atoms with E-state index in [1.165, 1.54) is 0 Å². The molecule has 0 radical (unpaired) electrons. The highest BCUT2D eigenvalue weighted by Crippen LogP contribution is 2.35. The molecule has 0 aliphatic heterocycles. The first kappa shape index (κ1) is 14.5. The third kappa shape index (κ3) is 3.75. The molecule has 5 nitrogen and oxygen atoms in total. The number of anilines is 1. The molecule has 0 aliphatic carbocycles. The zero-order valence-corrected chi connectivity index (χ0v) is 8.81. The van der Waals surface area contributed by atoms with Crippen LogP contribution in [-0.4, -0.2) is 33.4 Å². The fourth-order valence-corrected chi connectivity index (χ4v) is 0.983. The van der Waals surface area contributed by atoms with Crippen molar-refractivity contribution in [2.45, 2.75) is 18.5 Å². The van der Waals surface area contributed by atoms with Gasteiger partial charge in [0, 0.05) is 0 Å². The molecular weight excluding hydrogens is 294 g/mol. The molecular formula is C6H3ClF6N4O. The van der Waals surface area contributed by atoms with E-state index < -0.39 is 35.7 Å². The van der Waals surface area contributed by atoms with Crippen LogP contribution in [0, 0.1) is 0 Å². The van der Waals surface area contributed by atoms with Gasteiger partial charge in [-0.15, -0.1) is 0 Å². The van der Waals surface area contributed by atoms with Crippen molar-refractivity contribution >= 4 is 17.5 Å². The highest BCUT2D eigenvalue weighted by Gasteiger charge is 2.59. The van der Waals surface area contributed by atoms with Crippen molar-refractivity contribution in [3.8, 4) is 6.01 Å². The number of hydrogen-bond donors (Lipinski definition) is 1. The van der Waals surface area contributed by atoms with E-state index in [0.717, 1.165) is 0 Å². The Morgan fingerprint density at radius 2 is 1.50 bits per heavy atom. The Morgan fingerprint density at radius 1 is 1.00 bits per heavy atom. The van der Waals surface area contributed by atoms with Crippen LogP contribution in [0.3, 0.4) is 0 Å². The van der Waals surface area contributed by atoms with Crippen LogP contribution < -0.4 is 10.5 Å². The first-order valence-electron chi connectivity index (χ1n) is 3.97. The van der Waals surface area contributed by atoms with E-state index in [-0.39, 0.29) is 0 Å². The summed E-state index contributed by atoms with van der Waals surface area (Å²) in [5, 5.41) is -0.694. The summed E-state index contributed by atoms with van der Waals surface area (Å²) in [6.07, 6.45) is -15.5. The van der Waals surface area contributed by atoms with Crippen molar-refractivity contribution in [2.24, 2.45) is 0 Å². The monoisotopic (exact) mass is 296 g/mol. The van der Waals surface area contributed by atoms with Crippen LogP contribution in [0.1, 0.15) is 0 Å². The summed E-state index contributed by atoms with van der Waals surface area (Å²) >= 11 is 5.18. The van der Waals surface area contributed by atoms with Crippen molar-refractivity contribution < 1.29 is 31.1 Å². The molecule has 0 spiro atoms. The summed E-state index contributed by atoms with van der Waals surface area (Å²) in [5.41, 5.74) is 4.96. The molecule has 0 fully saturated rings. The van der Waals surface area contributed by atoms with E-state index in [4.69, 9.17) is 17.3 Å². The second-order valence-corrected chi connectivity index (χ2v) is 3.16. The predicted molar refractivity (Wildman–Crippen MR) is 45.8 cm³/mol. The van der Waals surface area contributed by atoms with Crippen molar-refractivity contribution in [2.75, 3.05) is 5.73 Å². The van der Waals surface area contributed by atoms with E-state index in [2.05, 4.69) is 19.7 Å². The third-order valence-corrected chi connectivity index (χ3v) is 1.59. The normalized spacial score (nSPS) is 12.9. The molecule has 1 aromatic rings. The predicted octanol–water partition coefficient (Wildman–Crippen LogP) is 1.98. The van der Waals surface area contributed by atoms with Gasteiger partial charge in [0.25, 0.3) is 6.10 Å². The maximum Gasteiger partial charge on any atom is 0.434 e. The average molecular weight is 297 g/mol. The average Bonchev–Trinajstić information content (AvgIpc) is 2.08. The number of nitrogen functional groups attached to an aromatic ring is 1. The van der Waals surface area contributed by atoms with Gasteiger partial charge in [-0.25, -0.2) is 0 Å². The second-order valence-electron chi connectivity index (χ2n) is 2.83. The summed E-state index contributed by atoms with van der Waals surface area (Å²) < 4.78 is 76.4. The van der Waals surface area contributed by atoms with E-state index >= 15 is 0 Å². The van der Waals surface area contributed by atoms with E-state index in [0.29, 0.717) is 0 Å². The Morgan fingerprint density at radius 3 is 1.89 bits per heavy atom. The van der Waals surface area contributed by atoms with Gasteiger partial charge in [0.15, 0.2) is 0 Å². The van der Waals surface area contributed by atoms with E-state index in [1.54, 1.807) is 0 Å². The molecule has 0 bridgehead atoms. The van der Waals surface area contributed by atoms with Crippen LogP contribution >= 0.6 is 11.6 Å². The van der Waals surface area contributed by atoms with Crippen molar-refractivity contribution in [1.29, 1.82) is 0 Å². The van der Waals surface area contributed by atoms with E-state index in [9.17, 15) is 26.3 Å². The minimum atomic E-state index is -5.69. The minimum Gasteiger partial charge on any atom is -0.440 e. The molecule has 0 aliphatic rings. The lowest BCUT2D eigenvalue weighted by molar-refractivity contribution is -0.301. The fraction of sp³-hybridized carbons (Fsp3) is 0.500. The molecule has 102 valence electrons. The number of nitrogens with zero attached hydrogens (tertiary/aromatic N) is 3. The standard InChI is InChI=1S/C6H3ClF6N4O/c7-2-15-3(14)17-4(16-2)18-1(5(8,9)10)6(11,12)13/h1H,(H2,14,15,16,17). The van der Waals surface area contributed by atoms with Crippen LogP contribution in [0.5, 0.6) is 6.01 Å². The summed E-state index contributed by atoms with van der Waals surface area (Å²) in [5.74, 6) is -0.673. The van der Waals surface area contributed by atoms with Crippen molar-refractivity contribution in [1.82, 2.24) is 15.0 Å². The highest BCUT2D eigenvalue weighted by molar-refractivity contribution is 6.28. The molecule has 2 N–H and O–H groups in total. The first-order valence-corrected chi connectivity index (χ1v) is 4.35. The Balaban J connectivity index is 3.04.